The molecule has 2 aliphatic rings. The minimum absolute atomic E-state index is 0.588. The van der Waals surface area contributed by atoms with Crippen LogP contribution in [0.15, 0.2) is 30.3 Å². The van der Waals surface area contributed by atoms with Crippen LogP contribution in [0.5, 0.6) is 0 Å². The second-order valence-electron chi connectivity index (χ2n) is 7.53. The Labute approximate surface area is 144 Å². The Bertz CT molecular complexity index is 726. The van der Waals surface area contributed by atoms with Gasteiger partial charge in [-0.15, -0.1) is 0 Å². The zero-order valence-corrected chi connectivity index (χ0v) is 14.5. The lowest BCUT2D eigenvalue weighted by molar-refractivity contribution is 0.0170. The summed E-state index contributed by atoms with van der Waals surface area (Å²) < 4.78 is 0. The highest BCUT2D eigenvalue weighted by Gasteiger charge is 2.38. The van der Waals surface area contributed by atoms with Crippen LogP contribution in [-0.4, -0.2) is 53.3 Å². The van der Waals surface area contributed by atoms with Crippen LogP contribution in [0.3, 0.4) is 0 Å². The van der Waals surface area contributed by atoms with Crippen LogP contribution >= 0.6 is 0 Å². The van der Waals surface area contributed by atoms with Gasteiger partial charge < -0.3 is 14.9 Å². The quantitative estimate of drug-likeness (QED) is 0.942. The zero-order valence-electron chi connectivity index (χ0n) is 14.5. The maximum absolute atomic E-state index is 11.1. The summed E-state index contributed by atoms with van der Waals surface area (Å²) in [5.41, 5.74) is 2.71. The number of rotatable bonds is 3. The molecule has 2 saturated heterocycles. The Morgan fingerprint density at radius 2 is 1.92 bits per heavy atom. The lowest BCUT2D eigenvalue weighted by Crippen LogP contribution is -2.46. The summed E-state index contributed by atoms with van der Waals surface area (Å²) >= 11 is 0. The van der Waals surface area contributed by atoms with Gasteiger partial charge in [-0.2, -0.15) is 0 Å². The molecular formula is C20H27N3O. The number of likely N-dealkylation sites (tertiary alicyclic amines) is 1. The fourth-order valence-corrected chi connectivity index (χ4v) is 4.27. The molecule has 0 spiro atoms. The van der Waals surface area contributed by atoms with Crippen LogP contribution < -0.4 is 4.90 Å². The summed E-state index contributed by atoms with van der Waals surface area (Å²) in [6.45, 7) is 6.77. The summed E-state index contributed by atoms with van der Waals surface area (Å²) in [6, 6.07) is 10.5. The van der Waals surface area contributed by atoms with Crippen molar-refractivity contribution < 1.29 is 5.11 Å². The number of pyridine rings is 1. The monoisotopic (exact) mass is 325 g/mol. The Balaban J connectivity index is 1.56. The smallest absolute Gasteiger partial charge is 0.0964 e. The first kappa shape index (κ1) is 15.9. The van der Waals surface area contributed by atoms with Crippen molar-refractivity contribution in [3.8, 4) is 0 Å². The number of fused-ring (bicyclic) bond motifs is 1. The Hall–Kier alpha value is -1.65. The van der Waals surface area contributed by atoms with Gasteiger partial charge >= 0.3 is 0 Å². The topological polar surface area (TPSA) is 39.6 Å². The van der Waals surface area contributed by atoms with Crippen molar-refractivity contribution in [1.82, 2.24) is 9.88 Å². The van der Waals surface area contributed by atoms with Gasteiger partial charge in [0.2, 0.25) is 0 Å². The number of hydrogen-bond donors (Lipinski definition) is 1. The van der Waals surface area contributed by atoms with Crippen molar-refractivity contribution in [2.24, 2.45) is 0 Å². The van der Waals surface area contributed by atoms with Gasteiger partial charge in [-0.3, -0.25) is 4.98 Å². The van der Waals surface area contributed by atoms with Gasteiger partial charge in [-0.05, 0) is 51.4 Å². The number of β-amino-alcohol motifs (C(OH)–C–C–N with tert-alkyl or cyclic N) is 1. The maximum Gasteiger partial charge on any atom is 0.0964 e. The molecule has 0 aliphatic carbocycles. The van der Waals surface area contributed by atoms with Crippen LogP contribution in [-0.2, 0) is 0 Å². The van der Waals surface area contributed by atoms with Crippen molar-refractivity contribution >= 4 is 16.6 Å². The van der Waals surface area contributed by atoms with E-state index in [-0.39, 0.29) is 0 Å². The van der Waals surface area contributed by atoms with E-state index in [2.05, 4.69) is 39.0 Å². The number of aliphatic hydroxyl groups is 1. The van der Waals surface area contributed by atoms with Crippen LogP contribution in [0, 0.1) is 6.92 Å². The molecule has 2 fully saturated rings. The van der Waals surface area contributed by atoms with E-state index in [0.29, 0.717) is 0 Å². The van der Waals surface area contributed by atoms with Gasteiger partial charge in [-0.1, -0.05) is 24.6 Å². The molecule has 1 unspecified atom stereocenters. The van der Waals surface area contributed by atoms with E-state index < -0.39 is 5.60 Å². The molecule has 1 atom stereocenters. The van der Waals surface area contributed by atoms with Crippen molar-refractivity contribution in [2.75, 3.05) is 37.6 Å². The Kier molecular flexibility index (Phi) is 4.19. The number of aryl methyl sites for hydroxylation is 1. The third-order valence-corrected chi connectivity index (χ3v) is 5.46. The van der Waals surface area contributed by atoms with Gasteiger partial charge in [0.25, 0.3) is 0 Å². The SMILES string of the molecule is Cc1cc(N2CCC(O)(CN3CCCCC3)C2)c2ccccc2n1. The third-order valence-electron chi connectivity index (χ3n) is 5.46. The van der Waals surface area contributed by atoms with E-state index in [1.807, 2.05) is 13.0 Å². The highest BCUT2D eigenvalue weighted by molar-refractivity contribution is 5.92. The van der Waals surface area contributed by atoms with Gasteiger partial charge in [0.15, 0.2) is 0 Å². The molecule has 1 aromatic heterocycles. The van der Waals surface area contributed by atoms with Crippen molar-refractivity contribution in [1.29, 1.82) is 0 Å². The molecule has 1 aromatic carbocycles. The average molecular weight is 325 g/mol. The molecule has 3 heterocycles. The first-order valence-corrected chi connectivity index (χ1v) is 9.19. The molecule has 2 aromatic rings. The van der Waals surface area contributed by atoms with Gasteiger partial charge in [0.05, 0.1) is 11.1 Å². The largest absolute Gasteiger partial charge is 0.387 e. The molecular weight excluding hydrogens is 298 g/mol. The maximum atomic E-state index is 11.1. The van der Waals surface area contributed by atoms with Gasteiger partial charge in [0, 0.05) is 36.4 Å². The summed E-state index contributed by atoms with van der Waals surface area (Å²) in [6.07, 6.45) is 4.73. The molecule has 1 N–H and O–H groups in total. The van der Waals surface area contributed by atoms with E-state index in [9.17, 15) is 5.11 Å². The predicted octanol–water partition coefficient (Wildman–Crippen LogP) is 2.97. The molecule has 0 bridgehead atoms. The molecule has 2 aliphatic heterocycles. The molecule has 128 valence electrons. The number of aromatic nitrogens is 1. The van der Waals surface area contributed by atoms with Crippen LogP contribution in [0.25, 0.3) is 10.9 Å². The minimum atomic E-state index is -0.588. The highest BCUT2D eigenvalue weighted by Crippen LogP contribution is 2.33. The molecule has 4 nitrogen and oxygen atoms in total. The lowest BCUT2D eigenvalue weighted by atomic mass is 10.0. The number of anilines is 1. The Morgan fingerprint density at radius 1 is 1.12 bits per heavy atom. The van der Waals surface area contributed by atoms with E-state index in [1.54, 1.807) is 0 Å². The fourth-order valence-electron chi connectivity index (χ4n) is 4.27. The second kappa shape index (κ2) is 6.34. The average Bonchev–Trinajstić information content (AvgIpc) is 2.96. The summed E-state index contributed by atoms with van der Waals surface area (Å²) in [5.74, 6) is 0. The van der Waals surface area contributed by atoms with Crippen molar-refractivity contribution in [2.45, 2.75) is 38.2 Å². The fraction of sp³-hybridized carbons (Fsp3) is 0.550. The van der Waals surface area contributed by atoms with E-state index in [4.69, 9.17) is 0 Å². The highest BCUT2D eigenvalue weighted by atomic mass is 16.3. The number of nitrogens with zero attached hydrogens (tertiary/aromatic N) is 3. The first-order valence-electron chi connectivity index (χ1n) is 9.19. The number of benzene rings is 1. The number of para-hydroxylation sites is 1. The summed E-state index contributed by atoms with van der Waals surface area (Å²) in [4.78, 5) is 9.44. The third kappa shape index (κ3) is 3.13. The number of piperidine rings is 1. The molecule has 0 amide bonds. The van der Waals surface area contributed by atoms with Crippen LogP contribution in [0.2, 0.25) is 0 Å². The van der Waals surface area contributed by atoms with Gasteiger partial charge in [-0.25, -0.2) is 0 Å². The Morgan fingerprint density at radius 3 is 2.75 bits per heavy atom. The molecule has 0 radical (unpaired) electrons. The molecule has 4 rings (SSSR count). The normalized spacial score (nSPS) is 25.5. The minimum Gasteiger partial charge on any atom is -0.387 e. The number of hydrogen-bond acceptors (Lipinski definition) is 4. The summed E-state index contributed by atoms with van der Waals surface area (Å²) in [7, 11) is 0. The zero-order chi connectivity index (χ0) is 16.6. The predicted molar refractivity (Wildman–Crippen MR) is 98.6 cm³/mol. The lowest BCUT2D eigenvalue weighted by Gasteiger charge is -2.34. The van der Waals surface area contributed by atoms with Crippen LogP contribution in [0.4, 0.5) is 5.69 Å². The second-order valence-corrected chi connectivity index (χ2v) is 7.53. The van der Waals surface area contributed by atoms with Crippen molar-refractivity contribution in [3.05, 3.63) is 36.0 Å². The standard InChI is InChI=1S/C20H27N3O/c1-16-13-19(17-7-3-4-8-18(17)21-16)23-12-9-20(24,15-23)14-22-10-5-2-6-11-22/h3-4,7-8,13,24H,2,5-6,9-12,14-15H2,1H3. The molecule has 0 saturated carbocycles. The molecule has 24 heavy (non-hydrogen) atoms. The first-order chi connectivity index (χ1) is 11.6. The van der Waals surface area contributed by atoms with E-state index in [1.165, 1.54) is 30.3 Å². The molecule has 4 heteroatoms. The van der Waals surface area contributed by atoms with E-state index >= 15 is 0 Å². The van der Waals surface area contributed by atoms with Crippen molar-refractivity contribution in [3.63, 3.8) is 0 Å². The summed E-state index contributed by atoms with van der Waals surface area (Å²) in [5, 5.41) is 12.3. The van der Waals surface area contributed by atoms with Crippen LogP contribution in [0.1, 0.15) is 31.4 Å². The van der Waals surface area contributed by atoms with E-state index in [0.717, 1.165) is 50.4 Å². The van der Waals surface area contributed by atoms with Gasteiger partial charge in [0.1, 0.15) is 0 Å².